The number of benzene rings is 1. The molecule has 0 radical (unpaired) electrons. The molecule has 3 nitrogen and oxygen atoms in total. The Kier molecular flexibility index (Phi) is 3.43. The highest BCUT2D eigenvalue weighted by Crippen LogP contribution is 2.32. The second kappa shape index (κ2) is 5.02. The molecular formula is C14H10F2N2O. The summed E-state index contributed by atoms with van der Waals surface area (Å²) < 4.78 is 26.0. The number of hydrogen-bond acceptors (Lipinski definition) is 2. The van der Waals surface area contributed by atoms with Crippen molar-refractivity contribution in [1.82, 2.24) is 4.98 Å². The fraction of sp³-hybridized carbons (Fsp3) is 0.143. The van der Waals surface area contributed by atoms with Crippen molar-refractivity contribution < 1.29 is 8.78 Å². The first-order chi connectivity index (χ1) is 9.04. The van der Waals surface area contributed by atoms with Gasteiger partial charge in [-0.05, 0) is 18.6 Å². The van der Waals surface area contributed by atoms with Gasteiger partial charge in [-0.2, -0.15) is 5.26 Å². The Balaban J connectivity index is 2.80. The number of nitriles is 1. The standard InChI is InChI=1S/C14H10F2N2O/c1-8-6-11(12(7-17)14(19)18-8)9-4-2-3-5-10(9)13(15)16/h2-6,13H,1H3,(H,18,19). The predicted octanol–water partition coefficient (Wildman–Crippen LogP) is 3.16. The lowest BCUT2D eigenvalue weighted by atomic mass is 9.96. The lowest BCUT2D eigenvalue weighted by Crippen LogP contribution is -2.13. The Morgan fingerprint density at radius 1 is 1.26 bits per heavy atom. The maximum Gasteiger partial charge on any atom is 0.266 e. The van der Waals surface area contributed by atoms with Gasteiger partial charge in [-0.25, -0.2) is 8.78 Å². The molecule has 0 saturated carbocycles. The molecule has 1 heterocycles. The topological polar surface area (TPSA) is 56.6 Å². The maximum atomic E-state index is 13.0. The van der Waals surface area contributed by atoms with Crippen molar-refractivity contribution in [2.45, 2.75) is 13.3 Å². The van der Waals surface area contributed by atoms with E-state index in [-0.39, 0.29) is 22.3 Å². The van der Waals surface area contributed by atoms with Gasteiger partial charge >= 0.3 is 0 Å². The van der Waals surface area contributed by atoms with Gasteiger partial charge in [0.15, 0.2) is 0 Å². The molecule has 0 amide bonds. The van der Waals surface area contributed by atoms with E-state index >= 15 is 0 Å². The highest BCUT2D eigenvalue weighted by Gasteiger charge is 2.17. The summed E-state index contributed by atoms with van der Waals surface area (Å²) >= 11 is 0. The molecule has 1 aromatic heterocycles. The molecule has 0 aliphatic heterocycles. The van der Waals surface area contributed by atoms with Crippen LogP contribution in [0.1, 0.15) is 23.2 Å². The average molecular weight is 260 g/mol. The summed E-state index contributed by atoms with van der Waals surface area (Å²) in [6.45, 7) is 1.64. The normalized spacial score (nSPS) is 10.5. The maximum absolute atomic E-state index is 13.0. The van der Waals surface area contributed by atoms with Crippen molar-refractivity contribution in [2.75, 3.05) is 0 Å². The van der Waals surface area contributed by atoms with Gasteiger partial charge in [0.05, 0.1) is 0 Å². The number of H-pyrrole nitrogens is 1. The zero-order valence-electron chi connectivity index (χ0n) is 10.1. The molecule has 1 aromatic carbocycles. The van der Waals surface area contributed by atoms with E-state index < -0.39 is 12.0 Å². The summed E-state index contributed by atoms with van der Waals surface area (Å²) in [5.74, 6) is 0. The number of aryl methyl sites for hydroxylation is 1. The molecule has 0 saturated heterocycles. The highest BCUT2D eigenvalue weighted by molar-refractivity contribution is 5.73. The molecule has 0 aliphatic carbocycles. The number of rotatable bonds is 2. The Morgan fingerprint density at radius 2 is 1.95 bits per heavy atom. The van der Waals surface area contributed by atoms with Crippen LogP contribution in [0, 0.1) is 18.3 Å². The van der Waals surface area contributed by atoms with Crippen molar-refractivity contribution in [2.24, 2.45) is 0 Å². The molecule has 0 spiro atoms. The SMILES string of the molecule is Cc1cc(-c2ccccc2C(F)F)c(C#N)c(=O)[nH]1. The minimum atomic E-state index is -2.66. The van der Waals surface area contributed by atoms with E-state index in [1.807, 2.05) is 0 Å². The first kappa shape index (κ1) is 13.0. The number of aromatic amines is 1. The van der Waals surface area contributed by atoms with Crippen LogP contribution < -0.4 is 5.56 Å². The van der Waals surface area contributed by atoms with Crippen molar-refractivity contribution in [3.8, 4) is 17.2 Å². The van der Waals surface area contributed by atoms with Crippen LogP contribution in [0.15, 0.2) is 35.1 Å². The quantitative estimate of drug-likeness (QED) is 0.901. The molecule has 0 aliphatic rings. The van der Waals surface area contributed by atoms with Gasteiger partial charge in [-0.3, -0.25) is 4.79 Å². The van der Waals surface area contributed by atoms with Gasteiger partial charge in [0.2, 0.25) is 0 Å². The van der Waals surface area contributed by atoms with Crippen LogP contribution in [0.3, 0.4) is 0 Å². The zero-order valence-corrected chi connectivity index (χ0v) is 10.1. The smallest absolute Gasteiger partial charge is 0.266 e. The van der Waals surface area contributed by atoms with Gasteiger partial charge in [0.1, 0.15) is 11.6 Å². The van der Waals surface area contributed by atoms with E-state index in [9.17, 15) is 13.6 Å². The number of halogens is 2. The molecule has 0 atom stereocenters. The molecule has 1 N–H and O–H groups in total. The van der Waals surface area contributed by atoms with Crippen LogP contribution in [0.25, 0.3) is 11.1 Å². The Hall–Kier alpha value is -2.48. The minimum Gasteiger partial charge on any atom is -0.325 e. The van der Waals surface area contributed by atoms with Gasteiger partial charge in [0, 0.05) is 16.8 Å². The fourth-order valence-corrected chi connectivity index (χ4v) is 1.94. The molecular weight excluding hydrogens is 250 g/mol. The van der Waals surface area contributed by atoms with E-state index in [1.54, 1.807) is 19.1 Å². The zero-order chi connectivity index (χ0) is 14.0. The summed E-state index contributed by atoms with van der Waals surface area (Å²) in [4.78, 5) is 14.2. The van der Waals surface area contributed by atoms with Crippen molar-refractivity contribution >= 4 is 0 Å². The second-order valence-corrected chi connectivity index (χ2v) is 4.07. The van der Waals surface area contributed by atoms with Gasteiger partial charge < -0.3 is 4.98 Å². The van der Waals surface area contributed by atoms with Crippen LogP contribution in [0.4, 0.5) is 8.78 Å². The molecule has 96 valence electrons. The van der Waals surface area contributed by atoms with E-state index in [2.05, 4.69) is 4.98 Å². The van der Waals surface area contributed by atoms with E-state index in [0.717, 1.165) is 0 Å². The van der Waals surface area contributed by atoms with Crippen molar-refractivity contribution in [1.29, 1.82) is 5.26 Å². The number of hydrogen-bond donors (Lipinski definition) is 1. The summed E-state index contributed by atoms with van der Waals surface area (Å²) in [6, 6.07) is 9.16. The third kappa shape index (κ3) is 2.38. The third-order valence-corrected chi connectivity index (χ3v) is 2.77. The molecule has 2 rings (SSSR count). The lowest BCUT2D eigenvalue weighted by molar-refractivity contribution is 0.152. The minimum absolute atomic E-state index is 0.154. The summed E-state index contributed by atoms with van der Waals surface area (Å²) in [7, 11) is 0. The largest absolute Gasteiger partial charge is 0.325 e. The molecule has 2 aromatic rings. The first-order valence-corrected chi connectivity index (χ1v) is 5.56. The first-order valence-electron chi connectivity index (χ1n) is 5.56. The van der Waals surface area contributed by atoms with Crippen LogP contribution in [-0.2, 0) is 0 Å². The van der Waals surface area contributed by atoms with Crippen LogP contribution in [-0.4, -0.2) is 4.98 Å². The van der Waals surface area contributed by atoms with Crippen LogP contribution in [0.5, 0.6) is 0 Å². The second-order valence-electron chi connectivity index (χ2n) is 4.07. The number of aromatic nitrogens is 1. The molecule has 0 unspecified atom stereocenters. The van der Waals surface area contributed by atoms with E-state index in [4.69, 9.17) is 5.26 Å². The average Bonchev–Trinajstić information content (AvgIpc) is 2.37. The van der Waals surface area contributed by atoms with E-state index in [0.29, 0.717) is 5.69 Å². The molecule has 0 fully saturated rings. The number of nitrogens with zero attached hydrogens (tertiary/aromatic N) is 1. The van der Waals surface area contributed by atoms with E-state index in [1.165, 1.54) is 24.3 Å². The molecule has 5 heteroatoms. The molecule has 19 heavy (non-hydrogen) atoms. The monoisotopic (exact) mass is 260 g/mol. The van der Waals surface area contributed by atoms with Gasteiger partial charge in [-0.15, -0.1) is 0 Å². The fourth-order valence-electron chi connectivity index (χ4n) is 1.94. The van der Waals surface area contributed by atoms with Gasteiger partial charge in [0.25, 0.3) is 12.0 Å². The van der Waals surface area contributed by atoms with Crippen molar-refractivity contribution in [3.05, 3.63) is 57.5 Å². The predicted molar refractivity (Wildman–Crippen MR) is 66.9 cm³/mol. The van der Waals surface area contributed by atoms with Crippen molar-refractivity contribution in [3.63, 3.8) is 0 Å². The number of pyridine rings is 1. The lowest BCUT2D eigenvalue weighted by Gasteiger charge is -2.10. The number of alkyl halides is 2. The third-order valence-electron chi connectivity index (χ3n) is 2.77. The number of nitrogens with one attached hydrogen (secondary N) is 1. The highest BCUT2D eigenvalue weighted by atomic mass is 19.3. The summed E-state index contributed by atoms with van der Waals surface area (Å²) in [5, 5.41) is 9.02. The summed E-state index contributed by atoms with van der Waals surface area (Å²) in [5.41, 5.74) is 0.0511. The van der Waals surface area contributed by atoms with Crippen LogP contribution in [0.2, 0.25) is 0 Å². The van der Waals surface area contributed by atoms with Gasteiger partial charge in [-0.1, -0.05) is 24.3 Å². The van der Waals surface area contributed by atoms with Crippen LogP contribution >= 0.6 is 0 Å². The Morgan fingerprint density at radius 3 is 2.58 bits per heavy atom. The Bertz CT molecular complexity index is 714. The Labute approximate surface area is 108 Å². The molecule has 0 bridgehead atoms. The summed E-state index contributed by atoms with van der Waals surface area (Å²) in [6.07, 6.45) is -2.66.